The maximum Gasteiger partial charge on any atom is 0.250 e. The Balaban J connectivity index is 2.91. The molecule has 0 bridgehead atoms. The van der Waals surface area contributed by atoms with E-state index in [9.17, 15) is 0 Å². The van der Waals surface area contributed by atoms with Gasteiger partial charge in [-0.3, -0.25) is 0 Å². The van der Waals surface area contributed by atoms with Crippen LogP contribution in [-0.2, 0) is 0 Å². The predicted octanol–water partition coefficient (Wildman–Crippen LogP) is -0.906. The van der Waals surface area contributed by atoms with E-state index in [0.29, 0.717) is 11.8 Å². The quantitative estimate of drug-likeness (QED) is 0.335. The highest BCUT2D eigenvalue weighted by Crippen LogP contribution is 2.16. The second-order valence-electron chi connectivity index (χ2n) is 2.42. The Morgan fingerprint density at radius 2 is 1.80 bits per heavy atom. The normalized spacial score (nSPS) is 9.20. The molecule has 8 heteroatoms. The molecule has 0 aliphatic carbocycles. The lowest BCUT2D eigenvalue weighted by molar-refractivity contribution is 0.373. The van der Waals surface area contributed by atoms with Gasteiger partial charge in [0, 0.05) is 0 Å². The smallest absolute Gasteiger partial charge is 0.250 e. The molecule has 0 unspecified atom stereocenters. The zero-order chi connectivity index (χ0) is 11.3. The Morgan fingerprint density at radius 1 is 1.27 bits per heavy atom. The van der Waals surface area contributed by atoms with Crippen molar-refractivity contribution in [1.29, 1.82) is 0 Å². The third kappa shape index (κ3) is 3.18. The Kier molecular flexibility index (Phi) is 3.49. The molecular weight excluding hydrogens is 200 g/mol. The van der Waals surface area contributed by atoms with Crippen LogP contribution in [0.5, 0.6) is 11.8 Å². The van der Waals surface area contributed by atoms with Gasteiger partial charge in [0.05, 0.1) is 20.3 Å². The van der Waals surface area contributed by atoms with E-state index in [1.165, 1.54) is 20.3 Å². The maximum atomic E-state index is 5.13. The molecular formula is C7H12N6O2. The van der Waals surface area contributed by atoms with Gasteiger partial charge in [-0.2, -0.15) is 9.97 Å². The van der Waals surface area contributed by atoms with Gasteiger partial charge in [0.15, 0.2) is 0 Å². The molecule has 0 atom stereocenters. The van der Waals surface area contributed by atoms with Crippen molar-refractivity contribution >= 4 is 11.9 Å². The van der Waals surface area contributed by atoms with Gasteiger partial charge in [-0.25, -0.2) is 5.43 Å². The van der Waals surface area contributed by atoms with Gasteiger partial charge in [-0.15, -0.1) is 5.10 Å². The van der Waals surface area contributed by atoms with Gasteiger partial charge in [0.25, 0.3) is 0 Å². The number of hydrogen-bond donors (Lipinski definition) is 3. The van der Waals surface area contributed by atoms with Crippen LogP contribution in [0.3, 0.4) is 0 Å². The van der Waals surface area contributed by atoms with Crippen molar-refractivity contribution < 1.29 is 9.47 Å². The summed E-state index contributed by atoms with van der Waals surface area (Å²) in [5.74, 6) is 0.741. The Labute approximate surface area is 86.3 Å². The second kappa shape index (κ2) is 4.84. The summed E-state index contributed by atoms with van der Waals surface area (Å²) in [4.78, 5) is 7.86. The number of rotatable bonds is 4. The zero-order valence-electron chi connectivity index (χ0n) is 8.39. The minimum Gasteiger partial charge on any atom is -0.481 e. The fourth-order valence-electron chi connectivity index (χ4n) is 0.778. The summed E-state index contributed by atoms with van der Waals surface area (Å²) in [5, 5.41) is 3.53. The van der Waals surface area contributed by atoms with E-state index in [0.717, 1.165) is 0 Å². The summed E-state index contributed by atoms with van der Waals surface area (Å²) in [5.41, 5.74) is 12.7. The van der Waals surface area contributed by atoms with Crippen molar-refractivity contribution in [3.63, 3.8) is 0 Å². The molecule has 5 N–H and O–H groups in total. The van der Waals surface area contributed by atoms with Gasteiger partial charge < -0.3 is 20.9 Å². The molecule has 0 aromatic carbocycles. The lowest BCUT2D eigenvalue weighted by Crippen LogP contribution is -2.24. The Morgan fingerprint density at radius 3 is 2.20 bits per heavy atom. The molecule has 15 heavy (non-hydrogen) atoms. The molecule has 82 valence electrons. The molecule has 0 saturated carbocycles. The van der Waals surface area contributed by atoms with Crippen LogP contribution in [0.15, 0.2) is 11.2 Å². The summed E-state index contributed by atoms with van der Waals surface area (Å²) in [6.45, 7) is 0. The van der Waals surface area contributed by atoms with Crippen molar-refractivity contribution in [2.45, 2.75) is 0 Å². The van der Waals surface area contributed by atoms with E-state index in [-0.39, 0.29) is 11.9 Å². The third-order valence-corrected chi connectivity index (χ3v) is 1.38. The molecule has 8 nitrogen and oxygen atoms in total. The van der Waals surface area contributed by atoms with E-state index in [4.69, 9.17) is 20.9 Å². The third-order valence-electron chi connectivity index (χ3n) is 1.38. The molecule has 1 aromatic rings. The summed E-state index contributed by atoms with van der Waals surface area (Å²) in [7, 11) is 2.96. The average molecular weight is 212 g/mol. The number of hydrazone groups is 1. The van der Waals surface area contributed by atoms with Crippen LogP contribution in [-0.4, -0.2) is 30.1 Å². The molecule has 1 heterocycles. The van der Waals surface area contributed by atoms with Gasteiger partial charge in [0.2, 0.25) is 23.7 Å². The number of ether oxygens (including phenoxy) is 2. The maximum absolute atomic E-state index is 5.13. The monoisotopic (exact) mass is 212 g/mol. The molecule has 0 amide bonds. The fourth-order valence-corrected chi connectivity index (χ4v) is 0.778. The number of anilines is 1. The highest BCUT2D eigenvalue weighted by Gasteiger charge is 2.03. The number of nitrogens with zero attached hydrogens (tertiary/aromatic N) is 3. The summed E-state index contributed by atoms with van der Waals surface area (Å²) < 4.78 is 9.84. The summed E-state index contributed by atoms with van der Waals surface area (Å²) in [6, 6.07) is 1.53. The highest BCUT2D eigenvalue weighted by molar-refractivity contribution is 5.76. The van der Waals surface area contributed by atoms with Crippen LogP contribution < -0.4 is 26.4 Å². The number of nitrogens with one attached hydrogen (secondary N) is 1. The lowest BCUT2D eigenvalue weighted by Gasteiger charge is -2.05. The number of aromatic nitrogens is 2. The van der Waals surface area contributed by atoms with E-state index in [2.05, 4.69) is 20.5 Å². The van der Waals surface area contributed by atoms with Gasteiger partial charge >= 0.3 is 0 Å². The number of guanidine groups is 1. The summed E-state index contributed by atoms with van der Waals surface area (Å²) in [6.07, 6.45) is 0. The first-order valence-corrected chi connectivity index (χ1v) is 3.97. The first kappa shape index (κ1) is 10.8. The van der Waals surface area contributed by atoms with Crippen LogP contribution >= 0.6 is 0 Å². The number of hydrogen-bond acceptors (Lipinski definition) is 6. The van der Waals surface area contributed by atoms with Crippen molar-refractivity contribution in [3.8, 4) is 11.8 Å². The van der Waals surface area contributed by atoms with E-state index >= 15 is 0 Å². The Hall–Kier alpha value is -2.25. The topological polar surface area (TPSA) is 121 Å². The van der Waals surface area contributed by atoms with Crippen molar-refractivity contribution in [2.75, 3.05) is 19.6 Å². The standard InChI is InChI=1S/C7H12N6O2/c1-14-4-3-5(15-2)11-7(10-4)13-12-6(8)9/h3H,1-2H3,(H4,8,9,12)(H,10,11,13). The van der Waals surface area contributed by atoms with Gasteiger partial charge in [-0.1, -0.05) is 0 Å². The number of methoxy groups -OCH3 is 2. The fraction of sp³-hybridized carbons (Fsp3) is 0.286. The summed E-state index contributed by atoms with van der Waals surface area (Å²) >= 11 is 0. The zero-order valence-corrected chi connectivity index (χ0v) is 8.39. The molecule has 0 radical (unpaired) electrons. The van der Waals surface area contributed by atoms with Crippen LogP contribution in [0.2, 0.25) is 0 Å². The first-order valence-electron chi connectivity index (χ1n) is 3.97. The Bertz CT molecular complexity index is 340. The van der Waals surface area contributed by atoms with E-state index in [1.54, 1.807) is 0 Å². The number of nitrogens with two attached hydrogens (primary N) is 2. The molecule has 0 fully saturated rings. The molecule has 0 spiro atoms. The highest BCUT2D eigenvalue weighted by atomic mass is 16.5. The van der Waals surface area contributed by atoms with Crippen LogP contribution in [0.4, 0.5) is 5.95 Å². The van der Waals surface area contributed by atoms with Crippen LogP contribution in [0.1, 0.15) is 0 Å². The van der Waals surface area contributed by atoms with E-state index < -0.39 is 0 Å². The predicted molar refractivity (Wildman–Crippen MR) is 54.6 cm³/mol. The molecule has 0 saturated heterocycles. The SMILES string of the molecule is COc1cc(OC)nc(NN=C(N)N)n1. The van der Waals surface area contributed by atoms with Crippen molar-refractivity contribution in [1.82, 2.24) is 9.97 Å². The van der Waals surface area contributed by atoms with Gasteiger partial charge in [-0.05, 0) is 0 Å². The molecule has 1 rings (SSSR count). The molecule has 0 aliphatic heterocycles. The minimum atomic E-state index is -0.125. The largest absolute Gasteiger partial charge is 0.481 e. The molecule has 0 aliphatic rings. The van der Waals surface area contributed by atoms with E-state index in [1.807, 2.05) is 0 Å². The second-order valence-corrected chi connectivity index (χ2v) is 2.42. The lowest BCUT2D eigenvalue weighted by atomic mass is 10.6. The van der Waals surface area contributed by atoms with Crippen LogP contribution in [0, 0.1) is 0 Å². The van der Waals surface area contributed by atoms with Crippen LogP contribution in [0.25, 0.3) is 0 Å². The van der Waals surface area contributed by atoms with Gasteiger partial charge in [0.1, 0.15) is 0 Å². The average Bonchev–Trinajstić information content (AvgIpc) is 2.25. The molecule has 1 aromatic heterocycles. The van der Waals surface area contributed by atoms with Crippen molar-refractivity contribution in [3.05, 3.63) is 6.07 Å². The minimum absolute atomic E-state index is 0.125. The van der Waals surface area contributed by atoms with Crippen molar-refractivity contribution in [2.24, 2.45) is 16.6 Å². The first-order chi connectivity index (χ1) is 7.15.